The number of H-pyrrole nitrogens is 1. The molecule has 3 fully saturated rings. The minimum atomic E-state index is -0.790. The second-order valence-corrected chi connectivity index (χ2v) is 13.6. The number of nitrogens with zero attached hydrogens (tertiary/aromatic N) is 3. The minimum absolute atomic E-state index is 0.184. The van der Waals surface area contributed by atoms with E-state index in [1.165, 1.54) is 44.9 Å². The summed E-state index contributed by atoms with van der Waals surface area (Å²) in [7, 11) is 4.05. The maximum Gasteiger partial charge on any atom is 0.318 e. The van der Waals surface area contributed by atoms with E-state index in [1.807, 2.05) is 62.4 Å². The summed E-state index contributed by atoms with van der Waals surface area (Å²) in [4.78, 5) is 37.9. The fourth-order valence-corrected chi connectivity index (χ4v) is 7.00. The number of piperazine rings is 1. The van der Waals surface area contributed by atoms with Crippen molar-refractivity contribution in [3.63, 3.8) is 0 Å². The van der Waals surface area contributed by atoms with Crippen LogP contribution in [-0.4, -0.2) is 90.6 Å². The summed E-state index contributed by atoms with van der Waals surface area (Å²) >= 11 is 0. The number of hydrogen-bond acceptors (Lipinski definition) is 5. The number of benzene rings is 2. The maximum atomic E-state index is 14.3. The fraction of sp³-hybridized carbons (Fsp3) is 0.556. The molecule has 2 aromatic carbocycles. The van der Waals surface area contributed by atoms with Crippen molar-refractivity contribution in [1.82, 2.24) is 25.0 Å². The van der Waals surface area contributed by atoms with Crippen LogP contribution in [-0.2, 0) is 11.3 Å². The first-order valence-electron chi connectivity index (χ1n) is 16.9. The lowest BCUT2D eigenvalue weighted by atomic mass is 9.92. The van der Waals surface area contributed by atoms with E-state index in [1.54, 1.807) is 0 Å². The Morgan fingerprint density at radius 1 is 1.00 bits per heavy atom. The molecular formula is C36H50N6O3. The number of anilines is 1. The Morgan fingerprint density at radius 3 is 2.49 bits per heavy atom. The SMILES string of the molecule is CC(c1c[nH]c2ccccc12)C(NC(=O)N1CCN(C2CCCCC2)CC1)C(=O)Nc1cc(CN(C)C)ccc1OCC1CC1. The van der Waals surface area contributed by atoms with E-state index in [0.717, 1.165) is 41.7 Å². The monoisotopic (exact) mass is 614 g/mol. The molecule has 1 aliphatic heterocycles. The second kappa shape index (κ2) is 14.3. The highest BCUT2D eigenvalue weighted by molar-refractivity contribution is 5.99. The Hall–Kier alpha value is -3.56. The van der Waals surface area contributed by atoms with Gasteiger partial charge in [0.2, 0.25) is 5.91 Å². The zero-order valence-electron chi connectivity index (χ0n) is 27.2. The predicted octanol–water partition coefficient (Wildman–Crippen LogP) is 5.79. The zero-order valence-corrected chi connectivity index (χ0v) is 27.2. The fourth-order valence-electron chi connectivity index (χ4n) is 7.00. The standard InChI is InChI=1S/C36H50N6O3/c1-25(30-22-37-31-12-8-7-11-29(30)31)34(39-36(44)42-19-17-41(18-20-42)28-9-5-4-6-10-28)35(43)38-32-21-27(23-40(2)3)15-16-33(32)45-24-26-13-14-26/h7-8,11-12,15-16,21-22,25-26,28,34,37H,4-6,9-10,13-14,17-20,23-24H2,1-3H3,(H,38,43)(H,39,44). The van der Waals surface area contributed by atoms with E-state index in [4.69, 9.17) is 4.74 Å². The van der Waals surface area contributed by atoms with Crippen LogP contribution >= 0.6 is 0 Å². The highest BCUT2D eigenvalue weighted by atomic mass is 16.5. The summed E-state index contributed by atoms with van der Waals surface area (Å²) in [6.45, 7) is 6.52. The number of rotatable bonds is 11. The number of carbonyl (C=O) groups is 2. The molecule has 3 aliphatic rings. The molecule has 3 N–H and O–H groups in total. The normalized spacial score (nSPS) is 19.4. The van der Waals surface area contributed by atoms with Gasteiger partial charge in [0.25, 0.3) is 0 Å². The van der Waals surface area contributed by atoms with Gasteiger partial charge in [0.15, 0.2) is 0 Å². The average Bonchev–Trinajstić information content (AvgIpc) is 3.79. The number of ether oxygens (including phenoxy) is 1. The summed E-state index contributed by atoms with van der Waals surface area (Å²) < 4.78 is 6.19. The Bertz CT molecular complexity index is 1450. The minimum Gasteiger partial charge on any atom is -0.491 e. The van der Waals surface area contributed by atoms with Gasteiger partial charge in [-0.15, -0.1) is 0 Å². The third kappa shape index (κ3) is 7.82. The van der Waals surface area contributed by atoms with Crippen LogP contribution in [0.1, 0.15) is 68.9 Å². The molecule has 3 amide bonds. The third-order valence-electron chi connectivity index (χ3n) is 9.84. The van der Waals surface area contributed by atoms with Crippen molar-refractivity contribution >= 4 is 28.5 Å². The molecule has 1 saturated heterocycles. The van der Waals surface area contributed by atoms with Gasteiger partial charge in [-0.3, -0.25) is 9.69 Å². The van der Waals surface area contributed by atoms with Gasteiger partial charge in [-0.25, -0.2) is 4.79 Å². The van der Waals surface area contributed by atoms with Gasteiger partial charge in [-0.2, -0.15) is 0 Å². The second-order valence-electron chi connectivity index (χ2n) is 13.6. The number of amides is 3. The molecule has 9 nitrogen and oxygen atoms in total. The van der Waals surface area contributed by atoms with Gasteiger partial charge in [0.1, 0.15) is 11.8 Å². The van der Waals surface area contributed by atoms with Gasteiger partial charge in [0, 0.05) is 61.8 Å². The van der Waals surface area contributed by atoms with Crippen LogP contribution in [0.25, 0.3) is 10.9 Å². The summed E-state index contributed by atoms with van der Waals surface area (Å²) in [6, 6.07) is 13.8. The Kier molecular flexibility index (Phi) is 9.95. The van der Waals surface area contributed by atoms with Gasteiger partial charge in [0.05, 0.1) is 12.3 Å². The van der Waals surface area contributed by atoms with Crippen LogP contribution in [0.15, 0.2) is 48.7 Å². The molecule has 3 aromatic rings. The van der Waals surface area contributed by atoms with Crippen molar-refractivity contribution in [2.45, 2.75) is 76.4 Å². The van der Waals surface area contributed by atoms with E-state index in [0.29, 0.717) is 43.1 Å². The first-order valence-corrected chi connectivity index (χ1v) is 16.9. The van der Waals surface area contributed by atoms with Crippen molar-refractivity contribution in [2.24, 2.45) is 5.92 Å². The third-order valence-corrected chi connectivity index (χ3v) is 9.84. The number of aromatic nitrogens is 1. The lowest BCUT2D eigenvalue weighted by Crippen LogP contribution is -2.57. The smallest absolute Gasteiger partial charge is 0.318 e. The lowest BCUT2D eigenvalue weighted by Gasteiger charge is -2.41. The van der Waals surface area contributed by atoms with Crippen molar-refractivity contribution in [2.75, 3.05) is 52.2 Å². The number of fused-ring (bicyclic) bond motifs is 1. The summed E-state index contributed by atoms with van der Waals surface area (Å²) in [6.07, 6.45) is 10.8. The van der Waals surface area contributed by atoms with Gasteiger partial charge < -0.3 is 30.2 Å². The number of aromatic amines is 1. The zero-order chi connectivity index (χ0) is 31.3. The molecule has 2 atom stereocenters. The molecule has 0 bridgehead atoms. The van der Waals surface area contributed by atoms with E-state index in [9.17, 15) is 9.59 Å². The Morgan fingerprint density at radius 2 is 1.76 bits per heavy atom. The molecular weight excluding hydrogens is 564 g/mol. The molecule has 0 radical (unpaired) electrons. The Balaban J connectivity index is 1.21. The number of hydrogen-bond donors (Lipinski definition) is 3. The number of nitrogens with one attached hydrogen (secondary N) is 3. The van der Waals surface area contributed by atoms with Crippen molar-refractivity contribution in [1.29, 1.82) is 0 Å². The topological polar surface area (TPSA) is 92.9 Å². The summed E-state index contributed by atoms with van der Waals surface area (Å²) in [5.74, 6) is 0.721. The van der Waals surface area contributed by atoms with Crippen LogP contribution in [0, 0.1) is 5.92 Å². The van der Waals surface area contributed by atoms with Gasteiger partial charge in [-0.05, 0) is 75.0 Å². The summed E-state index contributed by atoms with van der Waals surface area (Å²) in [5.41, 5.74) is 3.73. The van der Waals surface area contributed by atoms with E-state index < -0.39 is 6.04 Å². The highest BCUT2D eigenvalue weighted by Crippen LogP contribution is 2.34. The molecule has 2 saturated carbocycles. The molecule has 45 heavy (non-hydrogen) atoms. The molecule has 242 valence electrons. The number of urea groups is 1. The van der Waals surface area contributed by atoms with Crippen LogP contribution in [0.2, 0.25) is 0 Å². The van der Waals surface area contributed by atoms with Crippen LogP contribution < -0.4 is 15.4 Å². The molecule has 1 aromatic heterocycles. The number of carbonyl (C=O) groups excluding carboxylic acids is 2. The van der Waals surface area contributed by atoms with E-state index in [2.05, 4.69) is 37.6 Å². The molecule has 2 unspecified atom stereocenters. The lowest BCUT2D eigenvalue weighted by molar-refractivity contribution is -0.118. The van der Waals surface area contributed by atoms with Crippen LogP contribution in [0.4, 0.5) is 10.5 Å². The van der Waals surface area contributed by atoms with Crippen molar-refractivity contribution in [3.05, 3.63) is 59.8 Å². The van der Waals surface area contributed by atoms with E-state index in [-0.39, 0.29) is 17.9 Å². The molecule has 9 heteroatoms. The summed E-state index contributed by atoms with van der Waals surface area (Å²) in [5, 5.41) is 7.41. The van der Waals surface area contributed by atoms with E-state index >= 15 is 0 Å². The molecule has 6 rings (SSSR count). The predicted molar refractivity (Wildman–Crippen MR) is 180 cm³/mol. The highest BCUT2D eigenvalue weighted by Gasteiger charge is 2.34. The van der Waals surface area contributed by atoms with Gasteiger partial charge >= 0.3 is 6.03 Å². The quantitative estimate of drug-likeness (QED) is 0.254. The van der Waals surface area contributed by atoms with Crippen molar-refractivity contribution < 1.29 is 14.3 Å². The van der Waals surface area contributed by atoms with Crippen molar-refractivity contribution in [3.8, 4) is 5.75 Å². The van der Waals surface area contributed by atoms with Gasteiger partial charge in [-0.1, -0.05) is 50.5 Å². The average molecular weight is 615 g/mol. The molecule has 0 spiro atoms. The maximum absolute atomic E-state index is 14.3. The first kappa shape index (κ1) is 31.4. The number of para-hydroxylation sites is 1. The molecule has 2 heterocycles. The van der Waals surface area contributed by atoms with Crippen LogP contribution in [0.5, 0.6) is 5.75 Å². The Labute approximate surface area is 267 Å². The largest absolute Gasteiger partial charge is 0.491 e. The first-order chi connectivity index (χ1) is 21.9. The molecule has 2 aliphatic carbocycles. The van der Waals surface area contributed by atoms with Crippen LogP contribution in [0.3, 0.4) is 0 Å².